The van der Waals surface area contributed by atoms with Crippen LogP contribution < -0.4 is 21.3 Å². The van der Waals surface area contributed by atoms with Crippen LogP contribution in [0, 0.1) is 0 Å². The summed E-state index contributed by atoms with van der Waals surface area (Å²) in [6.07, 6.45) is 1.66. The van der Waals surface area contributed by atoms with E-state index < -0.39 is 54.0 Å². The molecule has 11 nitrogen and oxygen atoms in total. The first-order valence-corrected chi connectivity index (χ1v) is 12.8. The van der Waals surface area contributed by atoms with E-state index in [1.54, 1.807) is 32.9 Å². The molecule has 0 aliphatic carbocycles. The Balaban J connectivity index is 2.74. The Morgan fingerprint density at radius 2 is 1.56 bits per heavy atom. The molecule has 1 rings (SSSR count). The minimum Gasteiger partial charge on any atom is -0.467 e. The summed E-state index contributed by atoms with van der Waals surface area (Å²) in [7, 11) is 1.24. The van der Waals surface area contributed by atoms with Gasteiger partial charge in [0.2, 0.25) is 17.7 Å². The van der Waals surface area contributed by atoms with E-state index in [9.17, 15) is 24.0 Å². The number of benzene rings is 1. The molecular weight excluding hydrogens is 488 g/mol. The Labute approximate surface area is 215 Å². The van der Waals surface area contributed by atoms with Gasteiger partial charge in [-0.25, -0.2) is 9.59 Å². The highest BCUT2D eigenvalue weighted by Crippen LogP contribution is 2.07. The van der Waals surface area contributed by atoms with Gasteiger partial charge in [-0.1, -0.05) is 30.3 Å². The molecule has 0 unspecified atom stereocenters. The predicted molar refractivity (Wildman–Crippen MR) is 136 cm³/mol. The van der Waals surface area contributed by atoms with Crippen molar-refractivity contribution in [1.29, 1.82) is 0 Å². The third-order valence-electron chi connectivity index (χ3n) is 4.59. The molecule has 4 N–H and O–H groups in total. The average molecular weight is 525 g/mol. The number of amides is 4. The Bertz CT molecular complexity index is 890. The number of methoxy groups -OCH3 is 1. The highest BCUT2D eigenvalue weighted by atomic mass is 32.2. The molecule has 0 aliphatic rings. The van der Waals surface area contributed by atoms with Crippen molar-refractivity contribution >= 4 is 41.5 Å². The maximum absolute atomic E-state index is 13.0. The first kappa shape index (κ1) is 30.8. The standard InChI is InChI=1S/C24H36N4O7S/c1-24(2,3)35-23(33)26-14-19(29)25-15-20(30)27-18(13-16-9-7-6-8-10-16)21(31)28-17(11-12-36-5)22(32)34-4/h6-10,17-18H,11-15H2,1-5H3,(H,25,29)(H,26,33)(H,27,30)(H,28,31)/t17-,18+/m1/s1. The molecule has 0 aliphatic heterocycles. The largest absolute Gasteiger partial charge is 0.467 e. The van der Waals surface area contributed by atoms with Crippen LogP contribution in [0.2, 0.25) is 0 Å². The predicted octanol–water partition coefficient (Wildman–Crippen LogP) is 0.766. The molecule has 0 fully saturated rings. The summed E-state index contributed by atoms with van der Waals surface area (Å²) in [5.74, 6) is -1.73. The van der Waals surface area contributed by atoms with Gasteiger partial charge in [0.15, 0.2) is 0 Å². The number of nitrogens with one attached hydrogen (secondary N) is 4. The number of ether oxygens (including phenoxy) is 2. The molecule has 0 radical (unpaired) electrons. The molecule has 0 saturated heterocycles. The van der Waals surface area contributed by atoms with Crippen LogP contribution in [0.5, 0.6) is 0 Å². The normalized spacial score (nSPS) is 12.5. The Morgan fingerprint density at radius 3 is 2.14 bits per heavy atom. The zero-order valence-electron chi connectivity index (χ0n) is 21.3. The lowest BCUT2D eigenvalue weighted by Gasteiger charge is -2.22. The lowest BCUT2D eigenvalue weighted by atomic mass is 10.0. The first-order valence-electron chi connectivity index (χ1n) is 11.4. The van der Waals surface area contributed by atoms with Crippen LogP contribution in [-0.4, -0.2) is 79.7 Å². The van der Waals surface area contributed by atoms with Gasteiger partial charge in [0.25, 0.3) is 0 Å². The molecule has 0 bridgehead atoms. The van der Waals surface area contributed by atoms with Crippen LogP contribution in [0.25, 0.3) is 0 Å². The topological polar surface area (TPSA) is 152 Å². The second-order valence-electron chi connectivity index (χ2n) is 8.81. The summed E-state index contributed by atoms with van der Waals surface area (Å²) in [6.45, 7) is 4.27. The number of hydrogen-bond donors (Lipinski definition) is 4. The third kappa shape index (κ3) is 13.0. The number of carbonyl (C=O) groups is 5. The Morgan fingerprint density at radius 1 is 0.917 bits per heavy atom. The lowest BCUT2D eigenvalue weighted by molar-refractivity contribution is -0.145. The number of carbonyl (C=O) groups excluding carboxylic acids is 5. The Kier molecular flexibility index (Phi) is 13.4. The summed E-state index contributed by atoms with van der Waals surface area (Å²) in [4.78, 5) is 61.3. The number of hydrogen-bond acceptors (Lipinski definition) is 8. The second kappa shape index (κ2) is 15.7. The van der Waals surface area contributed by atoms with Crippen molar-refractivity contribution in [1.82, 2.24) is 21.3 Å². The number of alkyl carbamates (subject to hydrolysis) is 1. The quantitative estimate of drug-likeness (QED) is 0.276. The smallest absolute Gasteiger partial charge is 0.408 e. The molecule has 200 valence electrons. The van der Waals surface area contributed by atoms with Crippen LogP contribution in [-0.2, 0) is 35.1 Å². The van der Waals surface area contributed by atoms with Crippen molar-refractivity contribution in [2.45, 2.75) is 51.3 Å². The lowest BCUT2D eigenvalue weighted by Crippen LogP contribution is -2.54. The summed E-state index contributed by atoms with van der Waals surface area (Å²) in [5.41, 5.74) is 0.0825. The van der Waals surface area contributed by atoms with Gasteiger partial charge < -0.3 is 30.7 Å². The van der Waals surface area contributed by atoms with Gasteiger partial charge in [0, 0.05) is 6.42 Å². The van der Waals surface area contributed by atoms with Crippen LogP contribution >= 0.6 is 11.8 Å². The molecule has 4 amide bonds. The van der Waals surface area contributed by atoms with Gasteiger partial charge in [-0.05, 0) is 44.8 Å². The molecule has 2 atom stereocenters. The van der Waals surface area contributed by atoms with Gasteiger partial charge >= 0.3 is 12.1 Å². The van der Waals surface area contributed by atoms with E-state index in [0.717, 1.165) is 5.56 Å². The fourth-order valence-corrected chi connectivity index (χ4v) is 3.38. The molecule has 0 aromatic heterocycles. The maximum Gasteiger partial charge on any atom is 0.408 e. The zero-order chi connectivity index (χ0) is 27.1. The average Bonchev–Trinajstić information content (AvgIpc) is 2.82. The van der Waals surface area contributed by atoms with E-state index in [4.69, 9.17) is 9.47 Å². The summed E-state index contributed by atoms with van der Waals surface area (Å²) < 4.78 is 9.83. The zero-order valence-corrected chi connectivity index (χ0v) is 22.2. The molecule has 36 heavy (non-hydrogen) atoms. The minimum atomic E-state index is -1.00. The highest BCUT2D eigenvalue weighted by Gasteiger charge is 2.27. The van der Waals surface area contributed by atoms with Crippen molar-refractivity contribution in [2.24, 2.45) is 0 Å². The van der Waals surface area contributed by atoms with Crippen LogP contribution in [0.4, 0.5) is 4.79 Å². The minimum absolute atomic E-state index is 0.170. The monoisotopic (exact) mass is 524 g/mol. The molecular formula is C24H36N4O7S. The molecule has 1 aromatic rings. The van der Waals surface area contributed by atoms with Gasteiger partial charge in [-0.3, -0.25) is 14.4 Å². The fraction of sp³-hybridized carbons (Fsp3) is 0.542. The van der Waals surface area contributed by atoms with E-state index >= 15 is 0 Å². The van der Waals surface area contributed by atoms with Crippen LogP contribution in [0.1, 0.15) is 32.8 Å². The van der Waals surface area contributed by atoms with Gasteiger partial charge in [-0.2, -0.15) is 11.8 Å². The molecule has 1 aromatic carbocycles. The van der Waals surface area contributed by atoms with E-state index in [2.05, 4.69) is 21.3 Å². The molecule has 0 heterocycles. The third-order valence-corrected chi connectivity index (χ3v) is 5.23. The van der Waals surface area contributed by atoms with E-state index in [1.165, 1.54) is 18.9 Å². The summed E-state index contributed by atoms with van der Waals surface area (Å²) in [5, 5.41) is 9.92. The van der Waals surface area contributed by atoms with Crippen molar-refractivity contribution in [3.63, 3.8) is 0 Å². The number of thioether (sulfide) groups is 1. The van der Waals surface area contributed by atoms with Crippen molar-refractivity contribution in [3.8, 4) is 0 Å². The molecule has 12 heteroatoms. The van der Waals surface area contributed by atoms with Gasteiger partial charge in [0.1, 0.15) is 24.2 Å². The molecule has 0 saturated carbocycles. The molecule has 0 spiro atoms. The summed E-state index contributed by atoms with van der Waals surface area (Å²) >= 11 is 1.52. The fourth-order valence-electron chi connectivity index (χ4n) is 2.91. The summed E-state index contributed by atoms with van der Waals surface area (Å²) in [6, 6.07) is 7.19. The first-order chi connectivity index (χ1) is 16.9. The number of esters is 1. The highest BCUT2D eigenvalue weighted by molar-refractivity contribution is 7.98. The van der Waals surface area contributed by atoms with Crippen molar-refractivity contribution in [3.05, 3.63) is 35.9 Å². The Hall–Kier alpha value is -3.28. The van der Waals surface area contributed by atoms with Crippen LogP contribution in [0.3, 0.4) is 0 Å². The van der Waals surface area contributed by atoms with Crippen molar-refractivity contribution in [2.75, 3.05) is 32.2 Å². The number of rotatable bonds is 13. The van der Waals surface area contributed by atoms with Crippen LogP contribution in [0.15, 0.2) is 30.3 Å². The van der Waals surface area contributed by atoms with E-state index in [-0.39, 0.29) is 13.0 Å². The van der Waals surface area contributed by atoms with E-state index in [0.29, 0.717) is 12.2 Å². The van der Waals surface area contributed by atoms with E-state index in [1.807, 2.05) is 24.5 Å². The SMILES string of the molecule is COC(=O)[C@@H](CCSC)NC(=O)[C@H](Cc1ccccc1)NC(=O)CNC(=O)CNC(=O)OC(C)(C)C. The van der Waals surface area contributed by atoms with Gasteiger partial charge in [-0.15, -0.1) is 0 Å². The second-order valence-corrected chi connectivity index (χ2v) is 9.79. The van der Waals surface area contributed by atoms with Crippen molar-refractivity contribution < 1.29 is 33.4 Å². The van der Waals surface area contributed by atoms with Gasteiger partial charge in [0.05, 0.1) is 13.7 Å². The maximum atomic E-state index is 13.0.